The Hall–Kier alpha value is -5.74. The molecule has 2 aliphatic rings. The van der Waals surface area contributed by atoms with Gasteiger partial charge >= 0.3 is 12.2 Å². The van der Waals surface area contributed by atoms with Crippen LogP contribution in [-0.2, 0) is 14.3 Å². The van der Waals surface area contributed by atoms with Gasteiger partial charge < -0.3 is 50.5 Å². The molecule has 6 atom stereocenters. The predicted molar refractivity (Wildman–Crippen MR) is 192 cm³/mol. The quantitative estimate of drug-likeness (QED) is 0.119. The number of nitrogens with one attached hydrogen (secondary N) is 4. The van der Waals surface area contributed by atoms with Gasteiger partial charge in [0, 0.05) is 13.1 Å². The molecule has 280 valence electrons. The SMILES string of the molecule is COC(=O)N[C@H](C(=O)N1CCCC1c1ncc(-c2ccc(-c3ccc(-c4cnc([C@@H]5CCCN5C(=O)[C@@H](NC(=O)O)[C@H](C)O)[nH]4)cc3)cc2)[nH]1)[C@H](C)O. The van der Waals surface area contributed by atoms with Crippen molar-refractivity contribution < 1.29 is 39.2 Å². The molecular formula is C37H44N8O8. The summed E-state index contributed by atoms with van der Waals surface area (Å²) in [5.41, 5.74) is 5.38. The molecule has 2 fully saturated rings. The number of hydrogen-bond donors (Lipinski definition) is 7. The zero-order chi connectivity index (χ0) is 37.8. The number of amides is 4. The van der Waals surface area contributed by atoms with Crippen molar-refractivity contribution in [2.75, 3.05) is 20.2 Å². The van der Waals surface area contributed by atoms with E-state index in [1.165, 1.54) is 21.0 Å². The highest BCUT2D eigenvalue weighted by atomic mass is 16.5. The average Bonchev–Trinajstić information content (AvgIpc) is 3.98. The molecule has 2 aromatic carbocycles. The molecule has 0 radical (unpaired) electrons. The third-order valence-corrected chi connectivity index (χ3v) is 9.85. The summed E-state index contributed by atoms with van der Waals surface area (Å²) < 4.78 is 4.63. The van der Waals surface area contributed by atoms with Gasteiger partial charge in [-0.05, 0) is 61.8 Å². The Morgan fingerprint density at radius 3 is 1.49 bits per heavy atom. The Kier molecular flexibility index (Phi) is 11.1. The molecule has 7 N–H and O–H groups in total. The van der Waals surface area contributed by atoms with Crippen LogP contribution in [0, 0.1) is 0 Å². The number of hydrogen-bond acceptors (Lipinski definition) is 9. The molecule has 53 heavy (non-hydrogen) atoms. The molecule has 4 heterocycles. The molecule has 4 aromatic rings. The lowest BCUT2D eigenvalue weighted by molar-refractivity contribution is -0.137. The number of carboxylic acid groups (broad SMARTS) is 1. The zero-order valence-corrected chi connectivity index (χ0v) is 29.7. The molecule has 16 heteroatoms. The first-order valence-corrected chi connectivity index (χ1v) is 17.6. The highest BCUT2D eigenvalue weighted by Gasteiger charge is 2.39. The molecule has 0 saturated carbocycles. The minimum atomic E-state index is -1.38. The topological polar surface area (TPSA) is 226 Å². The van der Waals surface area contributed by atoms with Crippen molar-refractivity contribution in [2.45, 2.75) is 75.9 Å². The number of aromatic amines is 2. The van der Waals surface area contributed by atoms with Crippen molar-refractivity contribution in [3.63, 3.8) is 0 Å². The molecule has 2 saturated heterocycles. The first kappa shape index (κ1) is 37.0. The molecular weight excluding hydrogens is 684 g/mol. The summed E-state index contributed by atoms with van der Waals surface area (Å²) in [6.45, 7) is 3.73. The second-order valence-corrected chi connectivity index (χ2v) is 13.4. The zero-order valence-electron chi connectivity index (χ0n) is 29.7. The maximum atomic E-state index is 13.3. The van der Waals surface area contributed by atoms with Gasteiger partial charge in [0.2, 0.25) is 11.8 Å². The van der Waals surface area contributed by atoms with Crippen molar-refractivity contribution in [3.05, 3.63) is 72.6 Å². The van der Waals surface area contributed by atoms with Crippen molar-refractivity contribution in [3.8, 4) is 33.6 Å². The lowest BCUT2D eigenvalue weighted by Crippen LogP contribution is -2.53. The number of carbonyl (C=O) groups excluding carboxylic acids is 3. The van der Waals surface area contributed by atoms with Crippen molar-refractivity contribution >= 4 is 24.0 Å². The van der Waals surface area contributed by atoms with E-state index in [2.05, 4.69) is 35.3 Å². The molecule has 0 bridgehead atoms. The van der Waals surface area contributed by atoms with Crippen LogP contribution in [0.25, 0.3) is 33.6 Å². The number of nitrogens with zero attached hydrogens (tertiary/aromatic N) is 4. The number of aliphatic hydroxyl groups excluding tert-OH is 2. The van der Waals surface area contributed by atoms with Crippen LogP contribution in [-0.4, -0.2) is 114 Å². The monoisotopic (exact) mass is 728 g/mol. The maximum Gasteiger partial charge on any atom is 0.407 e. The number of imidazole rings is 2. The van der Waals surface area contributed by atoms with E-state index in [1.54, 1.807) is 22.2 Å². The molecule has 0 aliphatic carbocycles. The van der Waals surface area contributed by atoms with Crippen molar-refractivity contribution in [1.82, 2.24) is 40.4 Å². The van der Waals surface area contributed by atoms with Crippen molar-refractivity contribution in [2.24, 2.45) is 0 Å². The van der Waals surface area contributed by atoms with Gasteiger partial charge in [-0.1, -0.05) is 48.5 Å². The second-order valence-electron chi connectivity index (χ2n) is 13.4. The van der Waals surface area contributed by atoms with Crippen LogP contribution in [0.3, 0.4) is 0 Å². The maximum absolute atomic E-state index is 13.3. The molecule has 16 nitrogen and oxygen atoms in total. The van der Waals surface area contributed by atoms with Gasteiger partial charge in [0.25, 0.3) is 0 Å². The van der Waals surface area contributed by atoms with Gasteiger partial charge in [0.1, 0.15) is 23.7 Å². The Morgan fingerprint density at radius 2 is 1.11 bits per heavy atom. The minimum Gasteiger partial charge on any atom is -0.465 e. The smallest absolute Gasteiger partial charge is 0.407 e. The van der Waals surface area contributed by atoms with Crippen LogP contribution in [0.4, 0.5) is 9.59 Å². The molecule has 0 spiro atoms. The molecule has 6 rings (SSSR count). The van der Waals surface area contributed by atoms with E-state index in [4.69, 9.17) is 5.11 Å². The van der Waals surface area contributed by atoms with E-state index in [9.17, 15) is 29.4 Å². The van der Waals surface area contributed by atoms with Crippen LogP contribution < -0.4 is 10.6 Å². The van der Waals surface area contributed by atoms with Crippen LogP contribution in [0.1, 0.15) is 63.3 Å². The summed E-state index contributed by atoms with van der Waals surface area (Å²) >= 11 is 0. The summed E-state index contributed by atoms with van der Waals surface area (Å²) in [7, 11) is 1.20. The molecule has 2 aliphatic heterocycles. The number of benzene rings is 2. The highest BCUT2D eigenvalue weighted by molar-refractivity contribution is 5.87. The van der Waals surface area contributed by atoms with E-state index in [0.29, 0.717) is 37.6 Å². The van der Waals surface area contributed by atoms with Gasteiger partial charge in [-0.3, -0.25) is 9.59 Å². The first-order chi connectivity index (χ1) is 25.4. The van der Waals surface area contributed by atoms with Gasteiger partial charge in [-0.15, -0.1) is 0 Å². The summed E-state index contributed by atoms with van der Waals surface area (Å²) in [4.78, 5) is 68.6. The number of methoxy groups -OCH3 is 1. The van der Waals surface area contributed by atoms with Gasteiger partial charge in [0.15, 0.2) is 0 Å². The predicted octanol–water partition coefficient (Wildman–Crippen LogP) is 3.58. The highest BCUT2D eigenvalue weighted by Crippen LogP contribution is 2.35. The van der Waals surface area contributed by atoms with Crippen LogP contribution in [0.15, 0.2) is 60.9 Å². The number of aromatic nitrogens is 4. The van der Waals surface area contributed by atoms with E-state index in [-0.39, 0.29) is 12.1 Å². The number of carbonyl (C=O) groups is 4. The Morgan fingerprint density at radius 1 is 0.717 bits per heavy atom. The van der Waals surface area contributed by atoms with E-state index in [0.717, 1.165) is 46.5 Å². The standard InChI is InChI=1S/C37H44N8O8/c1-20(46)30(42-36(50)51)34(48)44-16-4-6-28(44)32-38-18-26(40-32)24-12-8-22(9-13-24)23-10-14-25(15-11-23)27-19-39-33(41-27)29-7-5-17-45(29)35(49)31(21(2)47)43-37(52)53-3/h8-15,18-21,28-31,42,46-47H,4-7,16-17H2,1-3H3,(H,38,40)(H,39,41)(H,43,52)(H,50,51)/t20-,21-,28-,29?,30-,31-/m0/s1. The summed E-state index contributed by atoms with van der Waals surface area (Å²) in [6.07, 6.45) is 1.80. The van der Waals surface area contributed by atoms with E-state index < -0.39 is 48.3 Å². The number of aliphatic hydroxyl groups is 2. The van der Waals surface area contributed by atoms with Crippen LogP contribution in [0.2, 0.25) is 0 Å². The fraction of sp³-hybridized carbons (Fsp3) is 0.405. The first-order valence-electron chi connectivity index (χ1n) is 17.6. The van der Waals surface area contributed by atoms with Crippen LogP contribution in [0.5, 0.6) is 0 Å². The van der Waals surface area contributed by atoms with E-state index in [1.807, 2.05) is 48.5 Å². The average molecular weight is 729 g/mol. The van der Waals surface area contributed by atoms with E-state index >= 15 is 0 Å². The second kappa shape index (κ2) is 15.9. The van der Waals surface area contributed by atoms with Gasteiger partial charge in [-0.25, -0.2) is 19.6 Å². The third-order valence-electron chi connectivity index (χ3n) is 9.85. The fourth-order valence-corrected chi connectivity index (χ4v) is 7.07. The number of H-pyrrole nitrogens is 2. The number of likely N-dealkylation sites (tertiary alicyclic amines) is 2. The van der Waals surface area contributed by atoms with Gasteiger partial charge in [0.05, 0.1) is 55.2 Å². The van der Waals surface area contributed by atoms with Crippen molar-refractivity contribution in [1.29, 1.82) is 0 Å². The number of alkyl carbamates (subject to hydrolysis) is 1. The minimum absolute atomic E-state index is 0.330. The third kappa shape index (κ3) is 8.03. The summed E-state index contributed by atoms with van der Waals surface area (Å²) in [5.74, 6) is 0.331. The summed E-state index contributed by atoms with van der Waals surface area (Å²) in [5, 5.41) is 34.0. The summed E-state index contributed by atoms with van der Waals surface area (Å²) in [6, 6.07) is 12.9. The molecule has 1 unspecified atom stereocenters. The van der Waals surface area contributed by atoms with Gasteiger partial charge in [-0.2, -0.15) is 0 Å². The largest absolute Gasteiger partial charge is 0.465 e. The fourth-order valence-electron chi connectivity index (χ4n) is 7.07. The lowest BCUT2D eigenvalue weighted by Gasteiger charge is -2.29. The Balaban J connectivity index is 1.11. The molecule has 4 amide bonds. The number of rotatable bonds is 11. The van der Waals surface area contributed by atoms with Crippen LogP contribution >= 0.6 is 0 Å². The Bertz CT molecular complexity index is 1920. The lowest BCUT2D eigenvalue weighted by atomic mass is 10.0. The Labute approximate surface area is 305 Å². The normalized spacial score (nSPS) is 19.3. The molecule has 2 aromatic heterocycles. The number of ether oxygens (including phenoxy) is 1.